The molecule has 0 saturated carbocycles. The quantitative estimate of drug-likeness (QED) is 0.0156. The third-order valence-electron chi connectivity index (χ3n) is 14.0. The lowest BCUT2D eigenvalue weighted by molar-refractivity contribution is -0.116. The van der Waals surface area contributed by atoms with Crippen molar-refractivity contribution in [3.05, 3.63) is 171 Å². The van der Waals surface area contributed by atoms with Crippen molar-refractivity contribution < 1.29 is 41.8 Å². The molecule has 20 heteroatoms. The number of amides is 1. The first-order valence-electron chi connectivity index (χ1n) is 26.8. The Hall–Kier alpha value is -6.72. The van der Waals surface area contributed by atoms with Crippen molar-refractivity contribution >= 4 is 46.8 Å². The second-order valence-electron chi connectivity index (χ2n) is 20.3. The van der Waals surface area contributed by atoms with Crippen LogP contribution >= 0.6 is 8.30 Å². The van der Waals surface area contributed by atoms with Gasteiger partial charge < -0.3 is 38.8 Å². The first-order valence-corrected chi connectivity index (χ1v) is 29.5. The largest absolute Gasteiger partial charge is 0.497 e. The summed E-state index contributed by atoms with van der Waals surface area (Å²) in [5, 5.41) is 25.7. The molecule has 1 aromatic heterocycles. The van der Waals surface area contributed by atoms with Crippen molar-refractivity contribution in [3.63, 3.8) is 0 Å². The van der Waals surface area contributed by atoms with Gasteiger partial charge in [0, 0.05) is 74.3 Å². The molecule has 4 atom stereocenters. The standard InChI is InChI=1S/C60H74N7O11PS/c1-42(2)67(43(3)4)79(77-38-18-35-61)59(71)40-57(78-54(59)41-76-60(44-19-12-11-13-20-44,45-25-30-48(74-7)31-26-45)46-27-32-49(75-8)33-28-46)66-47(39-56(69)64-58(66)70)29-34-55(68)62-36-14-9-10-15-37-63-80(72,73)53-24-17-21-50-51(53)22-16-23-52(50)65(5)6/h11-13,16-17,19-34,39,42-43,54,57,63,71H,9-10,14-15,18,36-38,40-41H2,1-8H3,(H,62,68)(H,64,69,70)/b34-29+/t54-,57-,59-,79?/m1/s1. The highest BCUT2D eigenvalue weighted by Crippen LogP contribution is 2.63. The number of carbonyl (C=O) groups excluding carboxylic acids is 1. The Bertz CT molecular complexity index is 3280. The van der Waals surface area contributed by atoms with E-state index in [1.165, 1.54) is 22.8 Å². The van der Waals surface area contributed by atoms with Crippen molar-refractivity contribution in [2.45, 2.75) is 106 Å². The Morgan fingerprint density at radius 2 is 1.46 bits per heavy atom. The maximum absolute atomic E-state index is 14.1. The van der Waals surface area contributed by atoms with Crippen molar-refractivity contribution in [3.8, 4) is 17.6 Å². The summed E-state index contributed by atoms with van der Waals surface area (Å²) in [4.78, 5) is 45.0. The van der Waals surface area contributed by atoms with Crippen molar-refractivity contribution in [1.82, 2.24) is 24.3 Å². The number of hydrogen-bond acceptors (Lipinski definition) is 14. The van der Waals surface area contributed by atoms with Crippen molar-refractivity contribution in [1.29, 1.82) is 5.26 Å². The van der Waals surface area contributed by atoms with Gasteiger partial charge in [-0.2, -0.15) is 5.26 Å². The summed E-state index contributed by atoms with van der Waals surface area (Å²) in [7, 11) is 1.18. The summed E-state index contributed by atoms with van der Waals surface area (Å²) in [6.45, 7) is 8.25. The molecule has 1 aliphatic heterocycles. The highest BCUT2D eigenvalue weighted by Gasteiger charge is 2.58. The Morgan fingerprint density at radius 3 is 2.06 bits per heavy atom. The maximum Gasteiger partial charge on any atom is 0.330 e. The molecule has 7 rings (SSSR count). The predicted octanol–water partition coefficient (Wildman–Crippen LogP) is 8.79. The molecule has 1 amide bonds. The fourth-order valence-electron chi connectivity index (χ4n) is 10.3. The number of nitrogens with one attached hydrogen (secondary N) is 3. The van der Waals surface area contributed by atoms with E-state index >= 15 is 0 Å². The van der Waals surface area contributed by atoms with Gasteiger partial charge in [0.05, 0.1) is 50.5 Å². The number of nitrogens with zero attached hydrogens (tertiary/aromatic N) is 4. The lowest BCUT2D eigenvalue weighted by atomic mass is 9.80. The Kier molecular flexibility index (Phi) is 21.0. The maximum atomic E-state index is 14.1. The van der Waals surface area contributed by atoms with Crippen LogP contribution < -0.4 is 35.7 Å². The van der Waals surface area contributed by atoms with Crippen LogP contribution in [0.1, 0.15) is 94.8 Å². The Balaban J connectivity index is 1.12. The first-order chi connectivity index (χ1) is 38.4. The van der Waals surface area contributed by atoms with E-state index in [1.54, 1.807) is 26.4 Å². The molecular weight excluding hydrogens is 1060 g/mol. The van der Waals surface area contributed by atoms with Crippen molar-refractivity contribution in [2.24, 2.45) is 0 Å². The third-order valence-corrected chi connectivity index (χ3v) is 18.4. The number of benzene rings is 5. The minimum atomic E-state index is -3.77. The van der Waals surface area contributed by atoms with Gasteiger partial charge in [-0.15, -0.1) is 0 Å². The SMILES string of the molecule is COc1ccc(C(OC[C@H]2O[C@@H](n3c(/C=C/C(=O)NCCCCCCNS(=O)(=O)c4cccc5c(N(C)C)cccc45)cc(=O)[nH]c3=O)C[C@@]2(O)P(OCCC#N)N(C(C)C)C(C)C)(c2ccccc2)c2ccc(OC)cc2)cc1. The number of aromatic nitrogens is 2. The zero-order chi connectivity index (χ0) is 57.6. The molecule has 80 heavy (non-hydrogen) atoms. The number of hydrogen-bond donors (Lipinski definition) is 4. The van der Waals surface area contributed by atoms with E-state index in [1.807, 2.05) is 150 Å². The second kappa shape index (κ2) is 27.6. The van der Waals surface area contributed by atoms with Gasteiger partial charge >= 0.3 is 5.69 Å². The molecule has 1 saturated heterocycles. The topological polar surface area (TPSA) is 227 Å². The molecule has 18 nitrogen and oxygen atoms in total. The molecule has 1 aliphatic rings. The van der Waals surface area contributed by atoms with Crippen LogP contribution in [0.25, 0.3) is 16.8 Å². The highest BCUT2D eigenvalue weighted by molar-refractivity contribution is 7.89. The average molecular weight is 1130 g/mol. The summed E-state index contributed by atoms with van der Waals surface area (Å²) >= 11 is 0. The number of fused-ring (bicyclic) bond motifs is 1. The van der Waals surface area contributed by atoms with E-state index in [0.29, 0.717) is 49.1 Å². The molecule has 1 fully saturated rings. The minimum absolute atomic E-state index is 0.00154. The number of carbonyl (C=O) groups is 1. The Morgan fingerprint density at radius 1 is 0.863 bits per heavy atom. The van der Waals surface area contributed by atoms with Crippen LogP contribution in [0.4, 0.5) is 5.69 Å². The number of ether oxygens (including phenoxy) is 4. The number of rotatable bonds is 28. The lowest BCUT2D eigenvalue weighted by Gasteiger charge is -2.46. The van der Waals surface area contributed by atoms with Gasteiger partial charge in [-0.3, -0.25) is 23.8 Å². The van der Waals surface area contributed by atoms with Gasteiger partial charge in [-0.25, -0.2) is 17.9 Å². The molecule has 0 bridgehead atoms. The number of unbranched alkanes of at least 4 members (excludes halogenated alkanes) is 3. The number of H-pyrrole nitrogens is 1. The molecule has 2 heterocycles. The number of sulfonamides is 1. The molecular formula is C60H74N7O11PS. The molecule has 6 aromatic rings. The van der Waals surface area contributed by atoms with Crippen LogP contribution in [-0.2, 0) is 34.4 Å². The van der Waals surface area contributed by atoms with Crippen LogP contribution in [0.5, 0.6) is 11.5 Å². The molecule has 1 unspecified atom stereocenters. The van der Waals surface area contributed by atoms with Crippen LogP contribution in [0.15, 0.2) is 142 Å². The molecule has 5 aromatic carbocycles. The number of anilines is 1. The van der Waals surface area contributed by atoms with Crippen LogP contribution in [0.2, 0.25) is 0 Å². The van der Waals surface area contributed by atoms with E-state index in [-0.39, 0.29) is 55.3 Å². The van der Waals surface area contributed by atoms with Crippen molar-refractivity contribution in [2.75, 3.05) is 59.5 Å². The Labute approximate surface area is 470 Å². The van der Waals surface area contributed by atoms with E-state index in [4.69, 9.17) is 23.5 Å². The molecule has 4 N–H and O–H groups in total. The smallest absolute Gasteiger partial charge is 0.330 e. The normalized spacial score (nSPS) is 17.1. The third kappa shape index (κ3) is 14.1. The van der Waals surface area contributed by atoms with Crippen LogP contribution in [0.3, 0.4) is 0 Å². The fraction of sp³-hybridized carbons (Fsp3) is 0.400. The molecule has 0 aliphatic carbocycles. The van der Waals surface area contributed by atoms with Gasteiger partial charge in [-0.1, -0.05) is 91.7 Å². The number of aliphatic hydroxyl groups is 1. The van der Waals surface area contributed by atoms with E-state index in [9.17, 15) is 33.2 Å². The summed E-state index contributed by atoms with van der Waals surface area (Å²) in [5.41, 5.74) is 0.294. The zero-order valence-electron chi connectivity index (χ0n) is 46.8. The summed E-state index contributed by atoms with van der Waals surface area (Å²) in [6, 6.07) is 38.5. The number of methoxy groups -OCH3 is 2. The van der Waals surface area contributed by atoms with Gasteiger partial charge in [0.1, 0.15) is 37.7 Å². The highest BCUT2D eigenvalue weighted by atomic mass is 32.2. The second-order valence-corrected chi connectivity index (χ2v) is 24.0. The van der Waals surface area contributed by atoms with E-state index in [0.717, 1.165) is 27.8 Å². The monoisotopic (exact) mass is 1130 g/mol. The molecule has 426 valence electrons. The zero-order valence-corrected chi connectivity index (χ0v) is 48.5. The van der Waals surface area contributed by atoms with Gasteiger partial charge in [0.25, 0.3) is 5.56 Å². The summed E-state index contributed by atoms with van der Waals surface area (Å²) in [5.74, 6) is 0.777. The van der Waals surface area contributed by atoms with Gasteiger partial charge in [0.15, 0.2) is 5.34 Å². The molecule has 0 radical (unpaired) electrons. The van der Waals surface area contributed by atoms with Crippen LogP contribution in [-0.4, -0.2) is 112 Å². The first kappa shape index (κ1) is 60.9. The number of nitriles is 1. The van der Waals surface area contributed by atoms with Crippen LogP contribution in [0, 0.1) is 11.3 Å². The fourth-order valence-corrected chi connectivity index (χ4v) is 14.1. The van der Waals surface area contributed by atoms with Gasteiger partial charge in [-0.05, 0) is 99.7 Å². The summed E-state index contributed by atoms with van der Waals surface area (Å²) < 4.78 is 64.7. The van der Waals surface area contributed by atoms with E-state index < -0.39 is 58.8 Å². The van der Waals surface area contributed by atoms with E-state index in [2.05, 4.69) is 25.8 Å². The number of aromatic amines is 1. The minimum Gasteiger partial charge on any atom is -0.497 e. The van der Waals surface area contributed by atoms with Gasteiger partial charge in [0.2, 0.25) is 15.9 Å². The average Bonchev–Trinajstić information content (AvgIpc) is 3.90. The lowest BCUT2D eigenvalue weighted by Crippen LogP contribution is -2.48. The predicted molar refractivity (Wildman–Crippen MR) is 312 cm³/mol. The molecule has 0 spiro atoms. The summed E-state index contributed by atoms with van der Waals surface area (Å²) in [6.07, 6.45) is 2.60.